The Bertz CT molecular complexity index is 1270. The molecule has 0 bridgehead atoms. The van der Waals surface area contributed by atoms with E-state index in [1.54, 1.807) is 27.7 Å². The normalized spacial score (nSPS) is 17.1. The standard InChI is InChI=1S/C30H51N9O11/c1-14(2)23(36-21(43)12-33-20(42)11-31)28(48)38-25(16(5)40)29(49)37-24(15(3)4)27(47)35-17(8-9-19(32)41)30(50)39-10-6-7-18(39)26(46)34-13-22(44)45/h14-18,23-25,40H,6-13,31H2,1-5H3,(H2,32,41)(H,33,42)(H,34,46)(H,35,47)(H,36,43)(H,37,49)(H,38,48)(H,44,45)/t16-,17+,18+,23+,24+,25+/m1/s1. The molecule has 0 unspecified atom stereocenters. The first kappa shape index (κ1) is 43.2. The lowest BCUT2D eigenvalue weighted by Crippen LogP contribution is -2.62. The highest BCUT2D eigenvalue weighted by Crippen LogP contribution is 2.20. The molecular weight excluding hydrogens is 662 g/mol. The number of carbonyl (C=O) groups is 9. The lowest BCUT2D eigenvalue weighted by Gasteiger charge is -2.31. The van der Waals surface area contributed by atoms with Gasteiger partial charge >= 0.3 is 5.97 Å². The van der Waals surface area contributed by atoms with Crippen molar-refractivity contribution >= 4 is 53.2 Å². The maximum Gasteiger partial charge on any atom is 0.322 e. The van der Waals surface area contributed by atoms with Crippen LogP contribution in [0.15, 0.2) is 0 Å². The molecule has 1 fully saturated rings. The number of hydrogen-bond acceptors (Lipinski definition) is 11. The summed E-state index contributed by atoms with van der Waals surface area (Å²) in [5, 5.41) is 33.6. The number of nitrogens with one attached hydrogen (secondary N) is 6. The summed E-state index contributed by atoms with van der Waals surface area (Å²) in [5.74, 6) is -8.55. The van der Waals surface area contributed by atoms with Crippen LogP contribution in [0.1, 0.15) is 60.3 Å². The van der Waals surface area contributed by atoms with Gasteiger partial charge in [-0.25, -0.2) is 0 Å². The molecule has 0 aromatic rings. The van der Waals surface area contributed by atoms with Gasteiger partial charge in [-0.2, -0.15) is 0 Å². The van der Waals surface area contributed by atoms with E-state index in [2.05, 4.69) is 31.9 Å². The highest BCUT2D eigenvalue weighted by molar-refractivity contribution is 5.97. The lowest BCUT2D eigenvalue weighted by atomic mass is 10.00. The fraction of sp³-hybridized carbons (Fsp3) is 0.700. The highest BCUT2D eigenvalue weighted by Gasteiger charge is 2.39. The topological polar surface area (TPSA) is 322 Å². The molecule has 1 rings (SSSR count). The number of likely N-dealkylation sites (tertiary alicyclic amines) is 1. The molecule has 20 nitrogen and oxygen atoms in total. The lowest BCUT2D eigenvalue weighted by molar-refractivity contribution is -0.143. The van der Waals surface area contributed by atoms with Crippen molar-refractivity contribution in [1.82, 2.24) is 36.8 Å². The van der Waals surface area contributed by atoms with E-state index in [0.717, 1.165) is 0 Å². The molecule has 8 amide bonds. The summed E-state index contributed by atoms with van der Waals surface area (Å²) in [6.07, 6.45) is -1.40. The first-order valence-electron chi connectivity index (χ1n) is 16.2. The third-order valence-electron chi connectivity index (χ3n) is 7.75. The van der Waals surface area contributed by atoms with Crippen LogP contribution in [0.4, 0.5) is 0 Å². The smallest absolute Gasteiger partial charge is 0.322 e. The van der Waals surface area contributed by atoms with Gasteiger partial charge in [-0.05, 0) is 38.0 Å². The maximum atomic E-state index is 13.6. The second kappa shape index (κ2) is 20.6. The first-order valence-corrected chi connectivity index (χ1v) is 16.2. The molecule has 50 heavy (non-hydrogen) atoms. The van der Waals surface area contributed by atoms with Gasteiger partial charge in [-0.1, -0.05) is 27.7 Å². The summed E-state index contributed by atoms with van der Waals surface area (Å²) in [4.78, 5) is 114. The van der Waals surface area contributed by atoms with Crippen LogP contribution in [-0.2, 0) is 43.2 Å². The summed E-state index contributed by atoms with van der Waals surface area (Å²) in [5.41, 5.74) is 10.5. The molecule has 12 N–H and O–H groups in total. The Kier molecular flexibility index (Phi) is 17.8. The number of aliphatic hydroxyl groups excluding tert-OH is 1. The number of primary amides is 1. The SMILES string of the molecule is CC(C)[C@H](NC(=O)CNC(=O)CN)C(=O)N[C@H](C(=O)N[C@H](C(=O)N[C@@H](CCC(N)=O)C(=O)N1CCC[C@H]1C(=O)NCC(=O)O)C(C)C)[C@@H](C)O. The molecule has 1 aliphatic rings. The molecule has 0 aromatic heterocycles. The summed E-state index contributed by atoms with van der Waals surface area (Å²) >= 11 is 0. The van der Waals surface area contributed by atoms with Crippen molar-refractivity contribution in [2.24, 2.45) is 23.3 Å². The molecule has 282 valence electrons. The van der Waals surface area contributed by atoms with E-state index in [0.29, 0.717) is 6.42 Å². The number of carboxylic acids is 1. The highest BCUT2D eigenvalue weighted by atomic mass is 16.4. The number of amides is 8. The van der Waals surface area contributed by atoms with Crippen LogP contribution in [0.25, 0.3) is 0 Å². The second-order valence-electron chi connectivity index (χ2n) is 12.6. The van der Waals surface area contributed by atoms with Crippen LogP contribution in [0.2, 0.25) is 0 Å². The Hall–Kier alpha value is -4.85. The number of aliphatic carboxylic acids is 1. The third kappa shape index (κ3) is 13.9. The summed E-state index contributed by atoms with van der Waals surface area (Å²) in [6.45, 7) is 6.26. The van der Waals surface area contributed by atoms with Gasteiger partial charge in [0.15, 0.2) is 0 Å². The van der Waals surface area contributed by atoms with Crippen LogP contribution in [-0.4, -0.2) is 131 Å². The minimum Gasteiger partial charge on any atom is -0.480 e. The van der Waals surface area contributed by atoms with E-state index in [1.807, 2.05) is 0 Å². The van der Waals surface area contributed by atoms with Crippen molar-refractivity contribution in [3.63, 3.8) is 0 Å². The fourth-order valence-electron chi connectivity index (χ4n) is 5.03. The van der Waals surface area contributed by atoms with Crippen LogP contribution >= 0.6 is 0 Å². The first-order chi connectivity index (χ1) is 23.3. The largest absolute Gasteiger partial charge is 0.480 e. The fourth-order valence-corrected chi connectivity index (χ4v) is 5.03. The zero-order valence-corrected chi connectivity index (χ0v) is 28.9. The monoisotopic (exact) mass is 713 g/mol. The number of rotatable bonds is 20. The molecule has 0 spiro atoms. The van der Waals surface area contributed by atoms with E-state index in [-0.39, 0.29) is 32.4 Å². The summed E-state index contributed by atoms with van der Waals surface area (Å²) in [7, 11) is 0. The Morgan fingerprint density at radius 2 is 1.30 bits per heavy atom. The number of nitrogens with zero attached hydrogens (tertiary/aromatic N) is 1. The van der Waals surface area contributed by atoms with Gasteiger partial charge in [0.1, 0.15) is 36.8 Å². The molecule has 0 radical (unpaired) electrons. The minimum atomic E-state index is -1.60. The van der Waals surface area contributed by atoms with Crippen molar-refractivity contribution in [2.45, 2.75) is 96.6 Å². The molecule has 1 aliphatic heterocycles. The molecule has 20 heteroatoms. The molecule has 0 saturated carbocycles. The van der Waals surface area contributed by atoms with Crippen LogP contribution < -0.4 is 43.4 Å². The van der Waals surface area contributed by atoms with Gasteiger partial charge in [-0.15, -0.1) is 0 Å². The van der Waals surface area contributed by atoms with Gasteiger partial charge in [0.05, 0.1) is 19.2 Å². The van der Waals surface area contributed by atoms with Crippen LogP contribution in [0.3, 0.4) is 0 Å². The Morgan fingerprint density at radius 1 is 0.760 bits per heavy atom. The van der Waals surface area contributed by atoms with Gasteiger partial charge in [0, 0.05) is 13.0 Å². The van der Waals surface area contributed by atoms with E-state index in [1.165, 1.54) is 11.8 Å². The Balaban J connectivity index is 3.14. The molecular formula is C30H51N9O11. The van der Waals surface area contributed by atoms with Crippen LogP contribution in [0, 0.1) is 11.8 Å². The van der Waals surface area contributed by atoms with Gasteiger partial charge in [0.2, 0.25) is 47.3 Å². The quantitative estimate of drug-likeness (QED) is 0.0568. The molecule has 0 aromatic carbocycles. The van der Waals surface area contributed by atoms with Crippen molar-refractivity contribution in [2.75, 3.05) is 26.2 Å². The van der Waals surface area contributed by atoms with Crippen molar-refractivity contribution in [3.05, 3.63) is 0 Å². The predicted octanol–water partition coefficient (Wildman–Crippen LogP) is -4.85. The predicted molar refractivity (Wildman–Crippen MR) is 175 cm³/mol. The molecule has 6 atom stereocenters. The van der Waals surface area contributed by atoms with Crippen molar-refractivity contribution in [3.8, 4) is 0 Å². The van der Waals surface area contributed by atoms with E-state index >= 15 is 0 Å². The molecule has 1 heterocycles. The molecule has 0 aliphatic carbocycles. The van der Waals surface area contributed by atoms with Gasteiger partial charge < -0.3 is 58.5 Å². The Morgan fingerprint density at radius 3 is 1.82 bits per heavy atom. The second-order valence-corrected chi connectivity index (χ2v) is 12.6. The maximum absolute atomic E-state index is 13.6. The number of carbonyl (C=O) groups excluding carboxylic acids is 8. The van der Waals surface area contributed by atoms with Crippen molar-refractivity contribution in [1.29, 1.82) is 0 Å². The summed E-state index contributed by atoms with van der Waals surface area (Å²) in [6, 6.07) is -6.50. The average molecular weight is 714 g/mol. The molecule has 1 saturated heterocycles. The Labute approximate surface area is 289 Å². The number of aliphatic hydroxyl groups is 1. The zero-order chi connectivity index (χ0) is 38.3. The zero-order valence-electron chi connectivity index (χ0n) is 28.9. The van der Waals surface area contributed by atoms with E-state index in [9.17, 15) is 48.3 Å². The van der Waals surface area contributed by atoms with Gasteiger partial charge in [0.25, 0.3) is 0 Å². The summed E-state index contributed by atoms with van der Waals surface area (Å²) < 4.78 is 0. The number of carboxylic acid groups (broad SMARTS) is 1. The average Bonchev–Trinajstić information content (AvgIpc) is 3.53. The third-order valence-corrected chi connectivity index (χ3v) is 7.75. The van der Waals surface area contributed by atoms with Crippen molar-refractivity contribution < 1.29 is 53.4 Å². The number of hydrogen-bond donors (Lipinski definition) is 10. The number of nitrogens with two attached hydrogens (primary N) is 2. The van der Waals surface area contributed by atoms with E-state index < -0.39 is 114 Å². The van der Waals surface area contributed by atoms with Gasteiger partial charge in [-0.3, -0.25) is 43.2 Å². The van der Waals surface area contributed by atoms with Crippen LogP contribution in [0.5, 0.6) is 0 Å². The minimum absolute atomic E-state index is 0.118. The van der Waals surface area contributed by atoms with E-state index in [4.69, 9.17) is 16.6 Å².